The van der Waals surface area contributed by atoms with Crippen molar-refractivity contribution in [2.24, 2.45) is 5.84 Å². The number of nitrogens with one attached hydrogen (secondary N) is 1. The van der Waals surface area contributed by atoms with Crippen LogP contribution < -0.4 is 11.3 Å². The number of carbonyl (C=O) groups is 1. The molecule has 0 bridgehead atoms. The van der Waals surface area contributed by atoms with Crippen molar-refractivity contribution in [1.29, 1.82) is 0 Å². The smallest absolute Gasteiger partial charge is 0.235 e. The van der Waals surface area contributed by atoms with Crippen LogP contribution in [0, 0.1) is 0 Å². The van der Waals surface area contributed by atoms with Gasteiger partial charge in [0.15, 0.2) is 0 Å². The van der Waals surface area contributed by atoms with E-state index in [1.807, 2.05) is 11.8 Å². The summed E-state index contributed by atoms with van der Waals surface area (Å²) >= 11 is 1.97. The highest BCUT2D eigenvalue weighted by atomic mass is 32.2. The van der Waals surface area contributed by atoms with Gasteiger partial charge in [0.25, 0.3) is 0 Å². The summed E-state index contributed by atoms with van der Waals surface area (Å²) in [5.74, 6) is 7.30. The largest absolute Gasteiger partial charge is 0.299 e. The molecule has 0 aliphatic carbocycles. The molecule has 1 atom stereocenters. The summed E-state index contributed by atoms with van der Waals surface area (Å²) in [5.41, 5.74) is 2.16. The Morgan fingerprint density at radius 1 is 1.62 bits per heavy atom. The summed E-state index contributed by atoms with van der Waals surface area (Å²) in [6, 6.07) is 0.310. The molecule has 1 saturated heterocycles. The lowest BCUT2D eigenvalue weighted by molar-refractivity contribution is -0.122. The van der Waals surface area contributed by atoms with Crippen molar-refractivity contribution < 1.29 is 4.79 Å². The first kappa shape index (κ1) is 10.8. The number of nitrogens with zero attached hydrogens (tertiary/aromatic N) is 1. The molecule has 1 rings (SSSR count). The molecular formula is C8H17N3OS. The molecular weight excluding hydrogens is 186 g/mol. The van der Waals surface area contributed by atoms with Gasteiger partial charge in [0.05, 0.1) is 0 Å². The Balaban J connectivity index is 2.28. The lowest BCUT2D eigenvalue weighted by Gasteiger charge is -2.31. The third-order valence-corrected chi connectivity index (χ3v) is 3.25. The molecule has 0 saturated carbocycles. The molecule has 0 aromatic heterocycles. The maximum absolute atomic E-state index is 11.0. The molecule has 0 aromatic carbocycles. The number of rotatable bonds is 3. The number of amides is 1. The van der Waals surface area contributed by atoms with Crippen molar-refractivity contribution in [1.82, 2.24) is 10.3 Å². The van der Waals surface area contributed by atoms with E-state index in [9.17, 15) is 4.79 Å². The van der Waals surface area contributed by atoms with Gasteiger partial charge in [-0.3, -0.25) is 15.1 Å². The van der Waals surface area contributed by atoms with Gasteiger partial charge in [-0.15, -0.1) is 0 Å². The van der Waals surface area contributed by atoms with E-state index < -0.39 is 0 Å². The van der Waals surface area contributed by atoms with Crippen LogP contribution in [0.1, 0.15) is 13.3 Å². The van der Waals surface area contributed by atoms with E-state index in [-0.39, 0.29) is 5.91 Å². The molecule has 0 spiro atoms. The monoisotopic (exact) mass is 203 g/mol. The molecule has 13 heavy (non-hydrogen) atoms. The first-order valence-electron chi connectivity index (χ1n) is 4.55. The highest BCUT2D eigenvalue weighted by Crippen LogP contribution is 2.13. The second-order valence-corrected chi connectivity index (χ2v) is 4.49. The lowest BCUT2D eigenvalue weighted by atomic mass is 10.2. The van der Waals surface area contributed by atoms with Gasteiger partial charge in [0.2, 0.25) is 5.91 Å². The standard InChI is InChI=1S/C8H17N3OS/c1-7(6-8(12)10-9)11-2-4-13-5-3-11/h7H,2-6,9H2,1H3,(H,10,12). The van der Waals surface area contributed by atoms with E-state index in [2.05, 4.69) is 17.2 Å². The topological polar surface area (TPSA) is 58.4 Å². The number of nitrogens with two attached hydrogens (primary N) is 1. The van der Waals surface area contributed by atoms with Crippen molar-refractivity contribution >= 4 is 17.7 Å². The van der Waals surface area contributed by atoms with Crippen LogP contribution >= 0.6 is 11.8 Å². The van der Waals surface area contributed by atoms with Gasteiger partial charge in [-0.2, -0.15) is 11.8 Å². The van der Waals surface area contributed by atoms with Crippen molar-refractivity contribution in [2.75, 3.05) is 24.6 Å². The summed E-state index contributed by atoms with van der Waals surface area (Å²) in [5, 5.41) is 0. The Morgan fingerprint density at radius 2 is 2.23 bits per heavy atom. The van der Waals surface area contributed by atoms with Crippen LogP contribution in [0.3, 0.4) is 0 Å². The van der Waals surface area contributed by atoms with Gasteiger partial charge in [-0.05, 0) is 6.92 Å². The summed E-state index contributed by atoms with van der Waals surface area (Å²) in [6.07, 6.45) is 0.501. The van der Waals surface area contributed by atoms with Crippen molar-refractivity contribution in [2.45, 2.75) is 19.4 Å². The van der Waals surface area contributed by atoms with Gasteiger partial charge in [0.1, 0.15) is 0 Å². The molecule has 3 N–H and O–H groups in total. The molecule has 0 aromatic rings. The predicted molar refractivity (Wildman–Crippen MR) is 55.3 cm³/mol. The number of hydrazine groups is 1. The van der Waals surface area contributed by atoms with Crippen LogP contribution in [-0.4, -0.2) is 41.4 Å². The normalized spacial score (nSPS) is 21.1. The van der Waals surface area contributed by atoms with Crippen LogP contribution in [0.4, 0.5) is 0 Å². The average Bonchev–Trinajstić information content (AvgIpc) is 2.19. The third-order valence-electron chi connectivity index (χ3n) is 2.31. The minimum Gasteiger partial charge on any atom is -0.299 e. The fourth-order valence-corrected chi connectivity index (χ4v) is 2.41. The van der Waals surface area contributed by atoms with Gasteiger partial charge >= 0.3 is 0 Å². The third kappa shape index (κ3) is 3.54. The highest BCUT2D eigenvalue weighted by molar-refractivity contribution is 7.99. The predicted octanol–water partition coefficient (Wildman–Crippen LogP) is -0.196. The van der Waals surface area contributed by atoms with E-state index in [4.69, 9.17) is 5.84 Å². The summed E-state index contributed by atoms with van der Waals surface area (Å²) in [4.78, 5) is 13.3. The second kappa shape index (κ2) is 5.47. The minimum atomic E-state index is -0.0780. The Kier molecular flexibility index (Phi) is 4.55. The van der Waals surface area contributed by atoms with E-state index in [1.165, 1.54) is 11.5 Å². The summed E-state index contributed by atoms with van der Waals surface area (Å²) in [7, 11) is 0. The van der Waals surface area contributed by atoms with E-state index in [0.717, 1.165) is 13.1 Å². The zero-order chi connectivity index (χ0) is 9.68. The van der Waals surface area contributed by atoms with Gasteiger partial charge in [0, 0.05) is 37.1 Å². The molecule has 4 nitrogen and oxygen atoms in total. The lowest BCUT2D eigenvalue weighted by Crippen LogP contribution is -2.43. The van der Waals surface area contributed by atoms with Gasteiger partial charge < -0.3 is 0 Å². The van der Waals surface area contributed by atoms with Crippen LogP contribution in [0.15, 0.2) is 0 Å². The molecule has 1 aliphatic heterocycles. The number of hydrogen-bond acceptors (Lipinski definition) is 4. The number of hydrogen-bond donors (Lipinski definition) is 2. The Morgan fingerprint density at radius 3 is 2.77 bits per heavy atom. The zero-order valence-corrected chi connectivity index (χ0v) is 8.77. The zero-order valence-electron chi connectivity index (χ0n) is 7.95. The second-order valence-electron chi connectivity index (χ2n) is 3.27. The van der Waals surface area contributed by atoms with Crippen LogP contribution in [-0.2, 0) is 4.79 Å². The Labute approximate surface area is 83.2 Å². The molecule has 1 heterocycles. The first-order chi connectivity index (χ1) is 6.24. The maximum Gasteiger partial charge on any atom is 0.235 e. The molecule has 1 aliphatic rings. The minimum absolute atomic E-state index is 0.0780. The van der Waals surface area contributed by atoms with Gasteiger partial charge in [-0.25, -0.2) is 5.84 Å². The van der Waals surface area contributed by atoms with Crippen molar-refractivity contribution in [3.05, 3.63) is 0 Å². The summed E-state index contributed by atoms with van der Waals surface area (Å²) in [6.45, 7) is 4.25. The molecule has 5 heteroatoms. The molecule has 76 valence electrons. The number of carbonyl (C=O) groups excluding carboxylic acids is 1. The Bertz CT molecular complexity index is 171. The Hall–Kier alpha value is -0.260. The SMILES string of the molecule is CC(CC(=O)NN)N1CCSCC1. The maximum atomic E-state index is 11.0. The van der Waals surface area contributed by atoms with Crippen molar-refractivity contribution in [3.8, 4) is 0 Å². The summed E-state index contributed by atoms with van der Waals surface area (Å²) < 4.78 is 0. The van der Waals surface area contributed by atoms with E-state index in [1.54, 1.807) is 0 Å². The average molecular weight is 203 g/mol. The molecule has 1 fully saturated rings. The van der Waals surface area contributed by atoms with E-state index in [0.29, 0.717) is 12.5 Å². The molecule has 1 amide bonds. The first-order valence-corrected chi connectivity index (χ1v) is 5.70. The fourth-order valence-electron chi connectivity index (χ4n) is 1.47. The van der Waals surface area contributed by atoms with Crippen LogP contribution in [0.25, 0.3) is 0 Å². The van der Waals surface area contributed by atoms with Gasteiger partial charge in [-0.1, -0.05) is 0 Å². The quantitative estimate of drug-likeness (QED) is 0.379. The van der Waals surface area contributed by atoms with Crippen LogP contribution in [0.5, 0.6) is 0 Å². The van der Waals surface area contributed by atoms with Crippen molar-refractivity contribution in [3.63, 3.8) is 0 Å². The molecule has 0 radical (unpaired) electrons. The van der Waals surface area contributed by atoms with Crippen LogP contribution in [0.2, 0.25) is 0 Å². The highest BCUT2D eigenvalue weighted by Gasteiger charge is 2.18. The van der Waals surface area contributed by atoms with E-state index >= 15 is 0 Å². The number of thioether (sulfide) groups is 1. The molecule has 1 unspecified atom stereocenters. The fraction of sp³-hybridized carbons (Fsp3) is 0.875.